The molecule has 0 radical (unpaired) electrons. The van der Waals surface area contributed by atoms with Gasteiger partial charge in [-0.1, -0.05) is 0 Å². The van der Waals surface area contributed by atoms with Crippen LogP contribution in [0.5, 0.6) is 0 Å². The van der Waals surface area contributed by atoms with E-state index in [-0.39, 0.29) is 11.7 Å². The van der Waals surface area contributed by atoms with Crippen molar-refractivity contribution in [3.05, 3.63) is 0 Å². The summed E-state index contributed by atoms with van der Waals surface area (Å²) in [6.45, 7) is 4.55. The summed E-state index contributed by atoms with van der Waals surface area (Å²) in [5.74, 6) is 0.767. The van der Waals surface area contributed by atoms with Gasteiger partial charge in [-0.2, -0.15) is 0 Å². The molecular formula is C12H22N2O2. The van der Waals surface area contributed by atoms with Crippen molar-refractivity contribution in [1.82, 2.24) is 9.80 Å². The summed E-state index contributed by atoms with van der Waals surface area (Å²) in [5.41, 5.74) is 0. The number of Topliss-reactive ketones (excluding diaryl/α,β-unsaturated/α-hetero) is 1. The largest absolute Gasteiger partial charge is 0.345 e. The van der Waals surface area contributed by atoms with E-state index in [1.165, 1.54) is 13.3 Å². The van der Waals surface area contributed by atoms with Crippen molar-refractivity contribution in [1.29, 1.82) is 0 Å². The third-order valence-corrected chi connectivity index (χ3v) is 3.14. The maximum Gasteiger partial charge on any atom is 0.222 e. The zero-order valence-electron chi connectivity index (χ0n) is 10.5. The molecule has 1 unspecified atom stereocenters. The summed E-state index contributed by atoms with van der Waals surface area (Å²) in [6.07, 6.45) is 1.89. The predicted octanol–water partition coefficient (Wildman–Crippen LogP) is 0.766. The Morgan fingerprint density at radius 2 is 2.06 bits per heavy atom. The number of nitrogens with zero attached hydrogens (tertiary/aromatic N) is 2. The van der Waals surface area contributed by atoms with Gasteiger partial charge in [-0.05, 0) is 32.9 Å². The van der Waals surface area contributed by atoms with Gasteiger partial charge in [0, 0.05) is 33.0 Å². The van der Waals surface area contributed by atoms with E-state index in [0.29, 0.717) is 18.8 Å². The van der Waals surface area contributed by atoms with E-state index in [1.807, 2.05) is 7.05 Å². The van der Waals surface area contributed by atoms with Crippen molar-refractivity contribution in [2.45, 2.75) is 26.2 Å². The van der Waals surface area contributed by atoms with Crippen molar-refractivity contribution in [2.75, 3.05) is 33.7 Å². The number of carbonyl (C=O) groups is 2. The summed E-state index contributed by atoms with van der Waals surface area (Å²) in [6, 6.07) is 0. The van der Waals surface area contributed by atoms with E-state index < -0.39 is 0 Å². The number of hydrogen-bond acceptors (Lipinski definition) is 3. The van der Waals surface area contributed by atoms with Crippen LogP contribution >= 0.6 is 0 Å². The van der Waals surface area contributed by atoms with E-state index in [9.17, 15) is 9.59 Å². The van der Waals surface area contributed by atoms with Gasteiger partial charge in [0.25, 0.3) is 0 Å². The topological polar surface area (TPSA) is 40.6 Å². The fourth-order valence-electron chi connectivity index (χ4n) is 2.14. The van der Waals surface area contributed by atoms with Gasteiger partial charge in [-0.15, -0.1) is 0 Å². The Morgan fingerprint density at radius 1 is 1.38 bits per heavy atom. The minimum Gasteiger partial charge on any atom is -0.345 e. The van der Waals surface area contributed by atoms with Gasteiger partial charge in [0.1, 0.15) is 5.78 Å². The highest BCUT2D eigenvalue weighted by Crippen LogP contribution is 2.15. The fraction of sp³-hybridized carbons (Fsp3) is 0.833. The zero-order chi connectivity index (χ0) is 12.1. The van der Waals surface area contributed by atoms with Crippen LogP contribution in [0.15, 0.2) is 0 Å². The maximum atomic E-state index is 11.7. The molecule has 0 aromatic carbocycles. The third-order valence-electron chi connectivity index (χ3n) is 3.14. The smallest absolute Gasteiger partial charge is 0.222 e. The maximum absolute atomic E-state index is 11.7. The molecule has 1 fully saturated rings. The van der Waals surface area contributed by atoms with Gasteiger partial charge in [-0.3, -0.25) is 4.79 Å². The van der Waals surface area contributed by atoms with Crippen LogP contribution in [-0.4, -0.2) is 55.2 Å². The molecule has 0 bridgehead atoms. The average Bonchev–Trinajstić information content (AvgIpc) is 2.60. The van der Waals surface area contributed by atoms with Crippen LogP contribution in [0.25, 0.3) is 0 Å². The van der Waals surface area contributed by atoms with Crippen LogP contribution in [0.3, 0.4) is 0 Å². The van der Waals surface area contributed by atoms with Crippen LogP contribution in [-0.2, 0) is 9.59 Å². The number of rotatable bonds is 5. The Bertz CT molecular complexity index is 266. The van der Waals surface area contributed by atoms with Gasteiger partial charge in [-0.25, -0.2) is 0 Å². The molecule has 1 aliphatic rings. The van der Waals surface area contributed by atoms with Crippen LogP contribution in [0, 0.1) is 5.92 Å². The van der Waals surface area contributed by atoms with Crippen molar-refractivity contribution in [2.24, 2.45) is 5.92 Å². The van der Waals surface area contributed by atoms with E-state index in [1.54, 1.807) is 4.90 Å². The molecule has 0 aromatic rings. The first-order chi connectivity index (χ1) is 7.49. The predicted molar refractivity (Wildman–Crippen MR) is 63.2 cm³/mol. The first-order valence-corrected chi connectivity index (χ1v) is 5.91. The van der Waals surface area contributed by atoms with Crippen LogP contribution < -0.4 is 0 Å². The number of carbonyl (C=O) groups excluding carboxylic acids is 2. The second-order valence-corrected chi connectivity index (χ2v) is 4.89. The quantitative estimate of drug-likeness (QED) is 0.695. The molecule has 1 saturated heterocycles. The Balaban J connectivity index is 2.25. The highest BCUT2D eigenvalue weighted by molar-refractivity contribution is 5.83. The van der Waals surface area contributed by atoms with Crippen LogP contribution in [0.2, 0.25) is 0 Å². The lowest BCUT2D eigenvalue weighted by Crippen LogP contribution is -2.32. The Labute approximate surface area is 97.6 Å². The molecule has 0 saturated carbocycles. The van der Waals surface area contributed by atoms with Crippen molar-refractivity contribution in [3.8, 4) is 0 Å². The highest BCUT2D eigenvalue weighted by Gasteiger charge is 2.22. The van der Waals surface area contributed by atoms with E-state index in [0.717, 1.165) is 19.6 Å². The number of likely N-dealkylation sites (tertiary alicyclic amines) is 1. The Kier molecular flexibility index (Phi) is 4.93. The summed E-state index contributed by atoms with van der Waals surface area (Å²) >= 11 is 0. The molecule has 4 heteroatoms. The molecule has 0 aromatic heterocycles. The molecule has 92 valence electrons. The van der Waals surface area contributed by atoms with Crippen LogP contribution in [0.1, 0.15) is 26.2 Å². The number of amides is 1. The van der Waals surface area contributed by atoms with Gasteiger partial charge in [0.2, 0.25) is 5.91 Å². The van der Waals surface area contributed by atoms with Gasteiger partial charge >= 0.3 is 0 Å². The minimum atomic E-state index is 0.0855. The highest BCUT2D eigenvalue weighted by atomic mass is 16.2. The first kappa shape index (κ1) is 13.2. The summed E-state index contributed by atoms with van der Waals surface area (Å²) in [5, 5.41) is 0. The normalized spacial score (nSPS) is 21.1. The molecule has 0 aliphatic carbocycles. The molecule has 1 aliphatic heterocycles. The molecule has 1 amide bonds. The summed E-state index contributed by atoms with van der Waals surface area (Å²) in [4.78, 5) is 26.5. The first-order valence-electron chi connectivity index (χ1n) is 5.91. The molecule has 16 heavy (non-hydrogen) atoms. The van der Waals surface area contributed by atoms with Crippen molar-refractivity contribution >= 4 is 11.7 Å². The molecule has 0 spiro atoms. The summed E-state index contributed by atoms with van der Waals surface area (Å²) in [7, 11) is 3.94. The van der Waals surface area contributed by atoms with Crippen molar-refractivity contribution < 1.29 is 9.59 Å². The molecule has 0 N–H and O–H groups in total. The Hall–Kier alpha value is -0.900. The Morgan fingerprint density at radius 3 is 2.56 bits per heavy atom. The third kappa shape index (κ3) is 4.31. The average molecular weight is 226 g/mol. The lowest BCUT2D eigenvalue weighted by atomic mass is 10.1. The van der Waals surface area contributed by atoms with Gasteiger partial charge < -0.3 is 14.6 Å². The molecule has 1 rings (SSSR count). The van der Waals surface area contributed by atoms with Crippen molar-refractivity contribution in [3.63, 3.8) is 0 Å². The SMILES string of the molecule is CC(=O)CCC(=O)N(C)CC1CCN(C)C1. The van der Waals surface area contributed by atoms with Gasteiger partial charge in [0.05, 0.1) is 0 Å². The molecule has 4 nitrogen and oxygen atoms in total. The second kappa shape index (κ2) is 5.99. The minimum absolute atomic E-state index is 0.0855. The molecule has 1 heterocycles. The lowest BCUT2D eigenvalue weighted by molar-refractivity contribution is -0.132. The van der Waals surface area contributed by atoms with Crippen LogP contribution in [0.4, 0.5) is 0 Å². The fourth-order valence-corrected chi connectivity index (χ4v) is 2.14. The monoisotopic (exact) mass is 226 g/mol. The summed E-state index contributed by atoms with van der Waals surface area (Å²) < 4.78 is 0. The number of ketones is 1. The molecular weight excluding hydrogens is 204 g/mol. The standard InChI is InChI=1S/C12H22N2O2/c1-10(15)4-5-12(16)14(3)9-11-6-7-13(2)8-11/h11H,4-9H2,1-3H3. The van der Waals surface area contributed by atoms with Gasteiger partial charge in [0.15, 0.2) is 0 Å². The van der Waals surface area contributed by atoms with E-state index in [4.69, 9.17) is 0 Å². The second-order valence-electron chi connectivity index (χ2n) is 4.89. The zero-order valence-corrected chi connectivity index (χ0v) is 10.5. The van der Waals surface area contributed by atoms with E-state index in [2.05, 4.69) is 11.9 Å². The lowest BCUT2D eigenvalue weighted by Gasteiger charge is -2.21. The number of hydrogen-bond donors (Lipinski definition) is 0. The van der Waals surface area contributed by atoms with E-state index >= 15 is 0 Å². The molecule has 1 atom stereocenters.